The van der Waals surface area contributed by atoms with Crippen molar-refractivity contribution in [1.29, 1.82) is 0 Å². The number of carbonyl (C=O) groups is 2. The van der Waals surface area contributed by atoms with E-state index in [4.69, 9.17) is 27.9 Å². The van der Waals surface area contributed by atoms with Crippen LogP contribution in [0.4, 0.5) is 4.39 Å². The number of hydrogen-bond acceptors (Lipinski definition) is 3. The van der Waals surface area contributed by atoms with Gasteiger partial charge in [0, 0.05) is 11.1 Å². The van der Waals surface area contributed by atoms with Crippen molar-refractivity contribution in [1.82, 2.24) is 0 Å². The molecule has 0 heterocycles. The Morgan fingerprint density at radius 1 is 1.00 bits per heavy atom. The molecule has 0 saturated heterocycles. The number of benzene rings is 2. The van der Waals surface area contributed by atoms with Crippen LogP contribution >= 0.6 is 23.2 Å². The third kappa shape index (κ3) is 3.54. The predicted molar refractivity (Wildman–Crippen MR) is 84.5 cm³/mol. The maximum atomic E-state index is 12.9. The summed E-state index contributed by atoms with van der Waals surface area (Å²) in [5.74, 6) is -1.36. The van der Waals surface area contributed by atoms with Crippen molar-refractivity contribution < 1.29 is 18.7 Å². The maximum Gasteiger partial charge on any atom is 0.317 e. The van der Waals surface area contributed by atoms with E-state index >= 15 is 0 Å². The van der Waals surface area contributed by atoms with E-state index in [1.165, 1.54) is 48.5 Å². The Morgan fingerprint density at radius 3 is 1.96 bits per heavy atom. The van der Waals surface area contributed by atoms with Crippen LogP contribution in [0.3, 0.4) is 0 Å². The fourth-order valence-corrected chi connectivity index (χ4v) is 2.59. The van der Waals surface area contributed by atoms with Gasteiger partial charge in [-0.2, -0.15) is 0 Å². The van der Waals surface area contributed by atoms with E-state index in [1.54, 1.807) is 0 Å². The quantitative estimate of drug-likeness (QED) is 0.359. The average molecular weight is 353 g/mol. The second kappa shape index (κ2) is 5.95. The van der Waals surface area contributed by atoms with Crippen LogP contribution in [-0.2, 0) is 4.79 Å². The van der Waals surface area contributed by atoms with Gasteiger partial charge < -0.3 is 4.74 Å². The Hall–Kier alpha value is -1.91. The molecule has 2 aromatic carbocycles. The first kappa shape index (κ1) is 16.0. The fraction of sp³-hybridized carbons (Fsp3) is 0.176. The van der Waals surface area contributed by atoms with Crippen molar-refractivity contribution in [2.75, 3.05) is 0 Å². The Kier molecular flexibility index (Phi) is 4.13. The molecule has 1 aliphatic carbocycles. The van der Waals surface area contributed by atoms with Crippen LogP contribution < -0.4 is 4.74 Å². The van der Waals surface area contributed by atoms with E-state index in [9.17, 15) is 14.0 Å². The number of ether oxygens (including phenoxy) is 1. The number of hydrogen-bond donors (Lipinski definition) is 0. The van der Waals surface area contributed by atoms with Crippen LogP contribution in [-0.4, -0.2) is 16.1 Å². The monoisotopic (exact) mass is 352 g/mol. The molecule has 1 saturated carbocycles. The third-order valence-corrected chi connectivity index (χ3v) is 4.39. The van der Waals surface area contributed by atoms with E-state index in [0.29, 0.717) is 23.3 Å². The SMILES string of the molecule is O=C(c1ccc(F)cc1)c1ccc(OC(=O)[C@@H]2CC2(Cl)Cl)cc1. The van der Waals surface area contributed by atoms with Gasteiger partial charge in [0.15, 0.2) is 5.78 Å². The minimum atomic E-state index is -1.03. The van der Waals surface area contributed by atoms with Crippen molar-refractivity contribution >= 4 is 35.0 Å². The summed E-state index contributed by atoms with van der Waals surface area (Å²) in [4.78, 5) is 24.0. The minimum Gasteiger partial charge on any atom is -0.426 e. The second-order valence-electron chi connectivity index (χ2n) is 5.30. The molecular weight excluding hydrogens is 342 g/mol. The van der Waals surface area contributed by atoms with Crippen LogP contribution in [0.5, 0.6) is 5.75 Å². The summed E-state index contributed by atoms with van der Waals surface area (Å²) in [5.41, 5.74) is 0.787. The normalized spacial score (nSPS) is 18.3. The summed E-state index contributed by atoms with van der Waals surface area (Å²) in [6.07, 6.45) is 0.371. The smallest absolute Gasteiger partial charge is 0.317 e. The molecular formula is C17H11Cl2FO3. The zero-order valence-electron chi connectivity index (χ0n) is 11.8. The van der Waals surface area contributed by atoms with Crippen molar-refractivity contribution in [2.24, 2.45) is 5.92 Å². The van der Waals surface area contributed by atoms with E-state index in [1.807, 2.05) is 0 Å². The number of esters is 1. The van der Waals surface area contributed by atoms with Gasteiger partial charge >= 0.3 is 5.97 Å². The number of halogens is 3. The molecule has 1 fully saturated rings. The zero-order chi connectivity index (χ0) is 16.6. The molecule has 0 radical (unpaired) electrons. The molecule has 2 aromatic rings. The summed E-state index contributed by atoms with van der Waals surface area (Å²) in [7, 11) is 0. The lowest BCUT2D eigenvalue weighted by Crippen LogP contribution is -2.14. The Bertz CT molecular complexity index is 754. The molecule has 6 heteroatoms. The highest BCUT2D eigenvalue weighted by Crippen LogP contribution is 2.53. The number of ketones is 1. The molecule has 1 atom stereocenters. The number of carbonyl (C=O) groups excluding carboxylic acids is 2. The van der Waals surface area contributed by atoms with Crippen LogP contribution in [0.15, 0.2) is 48.5 Å². The summed E-state index contributed by atoms with van der Waals surface area (Å²) < 4.78 is 17.0. The van der Waals surface area contributed by atoms with Crippen molar-refractivity contribution in [3.05, 3.63) is 65.5 Å². The van der Waals surface area contributed by atoms with Gasteiger partial charge in [-0.1, -0.05) is 0 Å². The van der Waals surface area contributed by atoms with Gasteiger partial charge in [-0.3, -0.25) is 9.59 Å². The first-order chi connectivity index (χ1) is 10.9. The molecule has 1 aliphatic rings. The predicted octanol–water partition coefficient (Wildman–Crippen LogP) is 4.16. The maximum absolute atomic E-state index is 12.9. The lowest BCUT2D eigenvalue weighted by Gasteiger charge is -2.06. The molecule has 0 aromatic heterocycles. The molecule has 0 spiro atoms. The van der Waals surface area contributed by atoms with Gasteiger partial charge in [0.1, 0.15) is 15.9 Å². The van der Waals surface area contributed by atoms with Crippen LogP contribution in [0.2, 0.25) is 0 Å². The standard InChI is InChI=1S/C17H11Cl2FO3/c18-17(19)9-14(17)16(22)23-13-7-3-11(4-8-13)15(21)10-1-5-12(20)6-2-10/h1-8,14H,9H2/t14-/m0/s1. The molecule has 118 valence electrons. The Balaban J connectivity index is 1.68. The molecule has 23 heavy (non-hydrogen) atoms. The van der Waals surface area contributed by atoms with Crippen molar-refractivity contribution in [2.45, 2.75) is 10.8 Å². The van der Waals surface area contributed by atoms with Gasteiger partial charge in [0.05, 0.1) is 5.92 Å². The molecule has 0 aliphatic heterocycles. The average Bonchev–Trinajstić information content (AvgIpc) is 3.17. The lowest BCUT2D eigenvalue weighted by atomic mass is 10.0. The first-order valence-corrected chi connectivity index (χ1v) is 7.62. The molecule has 0 bridgehead atoms. The Labute approximate surface area is 142 Å². The second-order valence-corrected chi connectivity index (χ2v) is 6.84. The van der Waals surface area contributed by atoms with Gasteiger partial charge in [0.2, 0.25) is 0 Å². The van der Waals surface area contributed by atoms with Crippen molar-refractivity contribution in [3.8, 4) is 5.75 Å². The van der Waals surface area contributed by atoms with E-state index in [2.05, 4.69) is 0 Å². The van der Waals surface area contributed by atoms with Crippen LogP contribution in [0, 0.1) is 11.7 Å². The summed E-state index contributed by atoms with van der Waals surface area (Å²) in [5, 5.41) is 0. The van der Waals surface area contributed by atoms with Crippen LogP contribution in [0.25, 0.3) is 0 Å². The van der Waals surface area contributed by atoms with Gasteiger partial charge in [-0.05, 0) is 55.0 Å². The van der Waals surface area contributed by atoms with Crippen LogP contribution in [0.1, 0.15) is 22.3 Å². The number of alkyl halides is 2. The molecule has 0 N–H and O–H groups in total. The largest absolute Gasteiger partial charge is 0.426 e. The van der Waals surface area contributed by atoms with Gasteiger partial charge in [0.25, 0.3) is 0 Å². The summed E-state index contributed by atoms with van der Waals surface area (Å²) in [6, 6.07) is 11.4. The van der Waals surface area contributed by atoms with E-state index < -0.39 is 22.0 Å². The van der Waals surface area contributed by atoms with Gasteiger partial charge in [-0.25, -0.2) is 4.39 Å². The van der Waals surface area contributed by atoms with Crippen molar-refractivity contribution in [3.63, 3.8) is 0 Å². The topological polar surface area (TPSA) is 43.4 Å². The molecule has 0 unspecified atom stereocenters. The lowest BCUT2D eigenvalue weighted by molar-refractivity contribution is -0.135. The first-order valence-electron chi connectivity index (χ1n) is 6.87. The summed E-state index contributed by atoms with van der Waals surface area (Å²) >= 11 is 11.6. The van der Waals surface area contributed by atoms with E-state index in [-0.39, 0.29) is 5.78 Å². The highest BCUT2D eigenvalue weighted by atomic mass is 35.5. The highest BCUT2D eigenvalue weighted by Gasteiger charge is 2.57. The third-order valence-electron chi connectivity index (χ3n) is 3.55. The Morgan fingerprint density at radius 2 is 1.48 bits per heavy atom. The minimum absolute atomic E-state index is 0.245. The summed E-state index contributed by atoms with van der Waals surface area (Å²) in [6.45, 7) is 0. The molecule has 0 amide bonds. The highest BCUT2D eigenvalue weighted by molar-refractivity contribution is 6.52. The van der Waals surface area contributed by atoms with E-state index in [0.717, 1.165) is 0 Å². The molecule has 3 rings (SSSR count). The number of rotatable bonds is 4. The van der Waals surface area contributed by atoms with Gasteiger partial charge in [-0.15, -0.1) is 23.2 Å². The zero-order valence-corrected chi connectivity index (χ0v) is 13.3. The fourth-order valence-electron chi connectivity index (χ4n) is 2.10. The molecule has 3 nitrogen and oxygen atoms in total.